The predicted octanol–water partition coefficient (Wildman–Crippen LogP) is 8.88. The van der Waals surface area contributed by atoms with Crippen LogP contribution >= 0.6 is 0 Å². The monoisotopic (exact) mass is 598 g/mol. The van der Waals surface area contributed by atoms with Gasteiger partial charge >= 0.3 is 23.9 Å². The number of hydrogen-bond donors (Lipinski definition) is 2. The third-order valence-corrected chi connectivity index (χ3v) is 8.17. The van der Waals surface area contributed by atoms with Crippen molar-refractivity contribution in [1.82, 2.24) is 0 Å². The summed E-state index contributed by atoms with van der Waals surface area (Å²) in [5.74, 6) is -7.87. The quantitative estimate of drug-likeness (QED) is 0.0477. The molecule has 42 heavy (non-hydrogen) atoms. The van der Waals surface area contributed by atoms with Gasteiger partial charge < -0.3 is 19.7 Å². The molecule has 0 rings (SSSR count). The Kier molecular flexibility index (Phi) is 25.2. The molecule has 8 nitrogen and oxygen atoms in total. The maximum absolute atomic E-state index is 13.1. The average Bonchev–Trinajstić information content (AvgIpc) is 2.96. The first kappa shape index (κ1) is 39.9. The number of hydrogen-bond acceptors (Lipinski definition) is 6. The molecule has 0 heterocycles. The number of aliphatic carboxylic acids is 2. The van der Waals surface area contributed by atoms with E-state index in [4.69, 9.17) is 9.47 Å². The fourth-order valence-corrected chi connectivity index (χ4v) is 5.45. The van der Waals surface area contributed by atoms with Crippen molar-refractivity contribution in [1.29, 1.82) is 0 Å². The molecule has 0 aromatic carbocycles. The maximum Gasteiger partial charge on any atom is 0.336 e. The molecule has 0 saturated carbocycles. The molecule has 0 amide bonds. The van der Waals surface area contributed by atoms with Crippen molar-refractivity contribution < 1.29 is 38.9 Å². The Morgan fingerprint density at radius 2 is 0.786 bits per heavy atom. The number of rotatable bonds is 30. The van der Waals surface area contributed by atoms with Crippen LogP contribution in [0.4, 0.5) is 0 Å². The van der Waals surface area contributed by atoms with E-state index in [1.165, 1.54) is 84.0 Å². The van der Waals surface area contributed by atoms with Crippen LogP contribution in [0.25, 0.3) is 0 Å². The molecule has 8 heteroatoms. The highest BCUT2D eigenvalue weighted by molar-refractivity contribution is 6.19. The van der Waals surface area contributed by atoms with E-state index in [2.05, 4.69) is 13.8 Å². The van der Waals surface area contributed by atoms with E-state index in [1.807, 2.05) is 0 Å². The minimum absolute atomic E-state index is 0.0627. The fourth-order valence-electron chi connectivity index (χ4n) is 5.45. The molecular weight excluding hydrogens is 536 g/mol. The third kappa shape index (κ3) is 16.5. The smallest absolute Gasteiger partial charge is 0.336 e. The second-order valence-electron chi connectivity index (χ2n) is 11.8. The highest BCUT2D eigenvalue weighted by Crippen LogP contribution is 2.35. The molecule has 0 aromatic rings. The van der Waals surface area contributed by atoms with Gasteiger partial charge in [0.05, 0.1) is 19.1 Å². The van der Waals surface area contributed by atoms with Crippen molar-refractivity contribution in [2.45, 2.75) is 168 Å². The summed E-state index contributed by atoms with van der Waals surface area (Å²) in [7, 11) is 0. The lowest BCUT2D eigenvalue weighted by molar-refractivity contribution is -0.191. The molecule has 1 unspecified atom stereocenters. The summed E-state index contributed by atoms with van der Waals surface area (Å²) in [6, 6.07) is 0. The molecule has 246 valence electrons. The molecule has 0 aliphatic carbocycles. The van der Waals surface area contributed by atoms with Gasteiger partial charge in [0.25, 0.3) is 5.41 Å². The minimum Gasteiger partial charge on any atom is -0.481 e. The largest absolute Gasteiger partial charge is 0.481 e. The highest BCUT2D eigenvalue weighted by atomic mass is 16.6. The lowest BCUT2D eigenvalue weighted by atomic mass is 9.73. The van der Waals surface area contributed by atoms with Crippen LogP contribution in [0.5, 0.6) is 0 Å². The Bertz CT molecular complexity index is 680. The summed E-state index contributed by atoms with van der Waals surface area (Å²) in [5.41, 5.74) is -2.92. The summed E-state index contributed by atoms with van der Waals surface area (Å²) in [4.78, 5) is 50.5. The standard InChI is InChI=1S/C34H62O8/c1-4-7-9-11-13-15-17-19-21-23-25-27-41-32(39)34(31(37)38,29(6-3)30(35)36)33(40)42-28-26-24-22-20-18-16-14-12-10-8-5-2/h29H,4-28H2,1-3H3,(H,35,36)(H,37,38). The summed E-state index contributed by atoms with van der Waals surface area (Å²) in [5, 5.41) is 19.8. The van der Waals surface area contributed by atoms with Crippen LogP contribution in [0, 0.1) is 11.3 Å². The van der Waals surface area contributed by atoms with Crippen molar-refractivity contribution in [3.8, 4) is 0 Å². The molecular formula is C34H62O8. The van der Waals surface area contributed by atoms with Crippen LogP contribution in [0.15, 0.2) is 0 Å². The SMILES string of the molecule is CCCCCCCCCCCCCOC(=O)C(C(=O)O)(C(=O)OCCCCCCCCCCCCC)C(CC)C(=O)O. The summed E-state index contributed by atoms with van der Waals surface area (Å²) in [6.45, 7) is 5.73. The first-order chi connectivity index (χ1) is 20.3. The molecule has 1 atom stereocenters. The Morgan fingerprint density at radius 1 is 0.500 bits per heavy atom. The number of carbonyl (C=O) groups excluding carboxylic acids is 2. The van der Waals surface area contributed by atoms with Crippen molar-refractivity contribution in [3.63, 3.8) is 0 Å². The normalized spacial score (nSPS) is 12.2. The minimum atomic E-state index is -2.92. The second kappa shape index (κ2) is 26.5. The number of ether oxygens (including phenoxy) is 2. The van der Waals surface area contributed by atoms with E-state index in [-0.39, 0.29) is 19.6 Å². The van der Waals surface area contributed by atoms with Gasteiger partial charge in [0.2, 0.25) is 0 Å². The van der Waals surface area contributed by atoms with Gasteiger partial charge in [-0.1, -0.05) is 149 Å². The number of carboxylic acids is 2. The van der Waals surface area contributed by atoms with Gasteiger partial charge in [0.15, 0.2) is 0 Å². The zero-order valence-electron chi connectivity index (χ0n) is 27.1. The van der Waals surface area contributed by atoms with Crippen LogP contribution < -0.4 is 0 Å². The van der Waals surface area contributed by atoms with Crippen LogP contribution in [-0.4, -0.2) is 47.3 Å². The van der Waals surface area contributed by atoms with Gasteiger partial charge in [-0.25, -0.2) is 0 Å². The first-order valence-electron chi connectivity index (χ1n) is 17.1. The molecule has 0 radical (unpaired) electrons. The third-order valence-electron chi connectivity index (χ3n) is 8.17. The maximum atomic E-state index is 13.1. The van der Waals surface area contributed by atoms with Gasteiger partial charge in [-0.3, -0.25) is 19.2 Å². The Labute approximate surface area is 255 Å². The number of carboxylic acid groups (broad SMARTS) is 2. The van der Waals surface area contributed by atoms with Gasteiger partial charge in [-0.2, -0.15) is 0 Å². The van der Waals surface area contributed by atoms with Gasteiger partial charge in [-0.05, 0) is 19.3 Å². The zero-order valence-corrected chi connectivity index (χ0v) is 27.1. The lowest BCUT2D eigenvalue weighted by Crippen LogP contribution is -2.55. The van der Waals surface area contributed by atoms with E-state index in [0.29, 0.717) is 12.8 Å². The molecule has 0 fully saturated rings. The van der Waals surface area contributed by atoms with Gasteiger partial charge in [0, 0.05) is 0 Å². The van der Waals surface area contributed by atoms with E-state index in [0.717, 1.165) is 51.4 Å². The van der Waals surface area contributed by atoms with Crippen LogP contribution in [0.1, 0.15) is 168 Å². The molecule has 0 spiro atoms. The predicted molar refractivity (Wildman–Crippen MR) is 166 cm³/mol. The molecule has 0 aliphatic heterocycles. The van der Waals surface area contributed by atoms with E-state index < -0.39 is 35.2 Å². The zero-order chi connectivity index (χ0) is 31.5. The van der Waals surface area contributed by atoms with E-state index >= 15 is 0 Å². The summed E-state index contributed by atoms with van der Waals surface area (Å²) in [6.07, 6.45) is 24.1. The average molecular weight is 599 g/mol. The number of unbranched alkanes of at least 4 members (excludes halogenated alkanes) is 20. The topological polar surface area (TPSA) is 127 Å². The summed E-state index contributed by atoms with van der Waals surface area (Å²) >= 11 is 0. The van der Waals surface area contributed by atoms with Crippen LogP contribution in [0.2, 0.25) is 0 Å². The Balaban J connectivity index is 4.65. The lowest BCUT2D eigenvalue weighted by Gasteiger charge is -2.30. The second-order valence-corrected chi connectivity index (χ2v) is 11.8. The molecule has 0 bridgehead atoms. The van der Waals surface area contributed by atoms with Crippen LogP contribution in [0.3, 0.4) is 0 Å². The number of carbonyl (C=O) groups is 4. The van der Waals surface area contributed by atoms with Crippen molar-refractivity contribution >= 4 is 23.9 Å². The van der Waals surface area contributed by atoms with E-state index in [9.17, 15) is 29.4 Å². The van der Waals surface area contributed by atoms with Crippen molar-refractivity contribution in [2.24, 2.45) is 11.3 Å². The van der Waals surface area contributed by atoms with Crippen LogP contribution in [-0.2, 0) is 28.7 Å². The first-order valence-corrected chi connectivity index (χ1v) is 17.1. The fraction of sp³-hybridized carbons (Fsp3) is 0.882. The van der Waals surface area contributed by atoms with Crippen molar-refractivity contribution in [3.05, 3.63) is 0 Å². The Hall–Kier alpha value is -2.12. The highest BCUT2D eigenvalue weighted by Gasteiger charge is 2.64. The molecule has 2 N–H and O–H groups in total. The van der Waals surface area contributed by atoms with Crippen molar-refractivity contribution in [2.75, 3.05) is 13.2 Å². The van der Waals surface area contributed by atoms with E-state index in [1.54, 1.807) is 0 Å². The molecule has 0 aliphatic rings. The summed E-state index contributed by atoms with van der Waals surface area (Å²) < 4.78 is 10.5. The molecule has 0 saturated heterocycles. The van der Waals surface area contributed by atoms with Gasteiger partial charge in [0.1, 0.15) is 0 Å². The van der Waals surface area contributed by atoms with Gasteiger partial charge in [-0.15, -0.1) is 0 Å². The Morgan fingerprint density at radius 3 is 1.02 bits per heavy atom. The number of esters is 2. The molecule has 0 aromatic heterocycles.